The molecule has 1 heterocycles. The lowest BCUT2D eigenvalue weighted by molar-refractivity contribution is -0.131. The number of carbonyl (C=O) groups excluding carboxylic acids is 1. The van der Waals surface area contributed by atoms with E-state index in [9.17, 15) is 4.79 Å². The van der Waals surface area contributed by atoms with E-state index in [0.717, 1.165) is 12.2 Å². The van der Waals surface area contributed by atoms with Crippen LogP contribution in [0.1, 0.15) is 31.2 Å². The summed E-state index contributed by atoms with van der Waals surface area (Å²) in [5.41, 5.74) is 2.40. The topological polar surface area (TPSA) is 52.6 Å². The second kappa shape index (κ2) is 6.57. The summed E-state index contributed by atoms with van der Waals surface area (Å²) in [5.74, 6) is 0.450. The van der Waals surface area contributed by atoms with E-state index < -0.39 is 0 Å². The van der Waals surface area contributed by atoms with Crippen molar-refractivity contribution < 1.29 is 9.90 Å². The van der Waals surface area contributed by atoms with Gasteiger partial charge >= 0.3 is 0 Å². The number of hydrogen-bond donors (Lipinski definition) is 2. The number of nitrogens with one attached hydrogen (secondary N) is 1. The van der Waals surface area contributed by atoms with Gasteiger partial charge in [0.15, 0.2) is 0 Å². The van der Waals surface area contributed by atoms with Gasteiger partial charge in [0.2, 0.25) is 5.91 Å². The Morgan fingerprint density at radius 1 is 1.47 bits per heavy atom. The van der Waals surface area contributed by atoms with E-state index in [2.05, 4.69) is 17.4 Å². The number of para-hydroxylation sites is 1. The third-order valence-corrected chi connectivity index (χ3v) is 3.68. The molecule has 1 aliphatic rings. The molecule has 1 aliphatic heterocycles. The average Bonchev–Trinajstić information content (AvgIpc) is 2.83. The maximum Gasteiger partial charge on any atom is 0.223 e. The van der Waals surface area contributed by atoms with Crippen molar-refractivity contribution in [2.75, 3.05) is 31.6 Å². The molecular formula is C15H22N2O2. The largest absolute Gasteiger partial charge is 0.396 e. The first-order valence-corrected chi connectivity index (χ1v) is 6.97. The number of anilines is 1. The van der Waals surface area contributed by atoms with Crippen LogP contribution in [0.15, 0.2) is 24.3 Å². The minimum Gasteiger partial charge on any atom is -0.396 e. The van der Waals surface area contributed by atoms with Crippen molar-refractivity contribution in [3.8, 4) is 0 Å². The second-order valence-corrected chi connectivity index (χ2v) is 4.92. The van der Waals surface area contributed by atoms with Gasteiger partial charge in [0, 0.05) is 44.3 Å². The Morgan fingerprint density at radius 2 is 2.26 bits per heavy atom. The first kappa shape index (κ1) is 13.9. The van der Waals surface area contributed by atoms with Crippen molar-refractivity contribution in [2.45, 2.75) is 25.7 Å². The summed E-state index contributed by atoms with van der Waals surface area (Å²) < 4.78 is 0. The summed E-state index contributed by atoms with van der Waals surface area (Å²) in [6.07, 6.45) is 1.20. The molecule has 4 nitrogen and oxygen atoms in total. The molecule has 2 rings (SSSR count). The summed E-state index contributed by atoms with van der Waals surface area (Å²) in [6.45, 7) is 4.31. The number of hydrogen-bond acceptors (Lipinski definition) is 3. The van der Waals surface area contributed by atoms with Gasteiger partial charge < -0.3 is 15.3 Å². The van der Waals surface area contributed by atoms with Gasteiger partial charge in [-0.05, 0) is 25.0 Å². The highest BCUT2D eigenvalue weighted by Gasteiger charge is 2.25. The number of aliphatic hydroxyl groups excluding tert-OH is 1. The van der Waals surface area contributed by atoms with Gasteiger partial charge in [-0.15, -0.1) is 0 Å². The Balaban J connectivity index is 1.96. The maximum atomic E-state index is 12.3. The smallest absolute Gasteiger partial charge is 0.223 e. The minimum atomic E-state index is 0.137. The van der Waals surface area contributed by atoms with E-state index in [1.54, 1.807) is 0 Å². The van der Waals surface area contributed by atoms with Gasteiger partial charge in [0.1, 0.15) is 0 Å². The summed E-state index contributed by atoms with van der Waals surface area (Å²) >= 11 is 0. The Morgan fingerprint density at radius 3 is 3.00 bits per heavy atom. The van der Waals surface area contributed by atoms with Crippen LogP contribution in [0.3, 0.4) is 0 Å². The quantitative estimate of drug-likeness (QED) is 0.822. The molecule has 1 aromatic rings. The number of carbonyl (C=O) groups is 1. The molecule has 0 aromatic heterocycles. The van der Waals surface area contributed by atoms with Crippen molar-refractivity contribution in [3.05, 3.63) is 29.8 Å². The molecule has 1 atom stereocenters. The number of benzene rings is 1. The molecule has 0 bridgehead atoms. The van der Waals surface area contributed by atoms with Crippen molar-refractivity contribution >= 4 is 11.6 Å². The summed E-state index contributed by atoms with van der Waals surface area (Å²) in [4.78, 5) is 14.1. The van der Waals surface area contributed by atoms with Crippen LogP contribution in [-0.2, 0) is 4.79 Å². The highest BCUT2D eigenvalue weighted by Crippen LogP contribution is 2.33. The Labute approximate surface area is 114 Å². The molecule has 4 heteroatoms. The normalized spacial score (nSPS) is 16.8. The van der Waals surface area contributed by atoms with Gasteiger partial charge in [-0.1, -0.05) is 18.2 Å². The fourth-order valence-corrected chi connectivity index (χ4v) is 2.60. The fraction of sp³-hybridized carbons (Fsp3) is 0.533. The van der Waals surface area contributed by atoms with Crippen molar-refractivity contribution in [2.24, 2.45) is 0 Å². The lowest BCUT2D eigenvalue weighted by atomic mass is 9.97. The molecule has 0 spiro atoms. The van der Waals surface area contributed by atoms with E-state index in [-0.39, 0.29) is 18.4 Å². The van der Waals surface area contributed by atoms with Crippen molar-refractivity contribution in [3.63, 3.8) is 0 Å². The summed E-state index contributed by atoms with van der Waals surface area (Å²) in [5, 5.41) is 12.2. The second-order valence-electron chi connectivity index (χ2n) is 4.92. The molecule has 1 unspecified atom stereocenters. The van der Waals surface area contributed by atoms with Crippen LogP contribution >= 0.6 is 0 Å². The molecule has 2 N–H and O–H groups in total. The zero-order chi connectivity index (χ0) is 13.7. The van der Waals surface area contributed by atoms with Crippen LogP contribution in [0.25, 0.3) is 0 Å². The van der Waals surface area contributed by atoms with Crippen LogP contribution in [0.4, 0.5) is 5.69 Å². The van der Waals surface area contributed by atoms with Crippen LogP contribution in [0, 0.1) is 0 Å². The molecule has 104 valence electrons. The predicted octanol–water partition coefficient (Wildman–Crippen LogP) is 1.82. The predicted molar refractivity (Wildman–Crippen MR) is 76.2 cm³/mol. The number of aliphatic hydroxyl groups is 1. The van der Waals surface area contributed by atoms with Crippen LogP contribution in [0.2, 0.25) is 0 Å². The van der Waals surface area contributed by atoms with Gasteiger partial charge in [0.05, 0.1) is 0 Å². The Hall–Kier alpha value is -1.55. The molecule has 1 aromatic carbocycles. The third kappa shape index (κ3) is 3.26. The fourth-order valence-electron chi connectivity index (χ4n) is 2.60. The molecule has 1 amide bonds. The van der Waals surface area contributed by atoms with E-state index in [1.807, 2.05) is 24.0 Å². The lowest BCUT2D eigenvalue weighted by Gasteiger charge is -2.22. The number of rotatable bonds is 6. The zero-order valence-corrected chi connectivity index (χ0v) is 11.4. The first-order valence-electron chi connectivity index (χ1n) is 6.97. The highest BCUT2D eigenvalue weighted by atomic mass is 16.3. The molecular weight excluding hydrogens is 240 g/mol. The van der Waals surface area contributed by atoms with E-state index in [0.29, 0.717) is 25.9 Å². The average molecular weight is 262 g/mol. The first-order chi connectivity index (χ1) is 9.26. The maximum absolute atomic E-state index is 12.3. The van der Waals surface area contributed by atoms with E-state index in [4.69, 9.17) is 5.11 Å². The van der Waals surface area contributed by atoms with E-state index >= 15 is 0 Å². The summed E-state index contributed by atoms with van der Waals surface area (Å²) in [7, 11) is 0. The monoisotopic (exact) mass is 262 g/mol. The number of nitrogens with zero attached hydrogens (tertiary/aromatic N) is 1. The van der Waals surface area contributed by atoms with Crippen LogP contribution < -0.4 is 5.32 Å². The van der Waals surface area contributed by atoms with Gasteiger partial charge in [0.25, 0.3) is 0 Å². The lowest BCUT2D eigenvalue weighted by Crippen LogP contribution is -2.33. The molecule has 0 saturated heterocycles. The van der Waals surface area contributed by atoms with E-state index in [1.165, 1.54) is 5.56 Å². The van der Waals surface area contributed by atoms with Gasteiger partial charge in [-0.25, -0.2) is 0 Å². The molecule has 0 fully saturated rings. The molecule has 19 heavy (non-hydrogen) atoms. The Kier molecular flexibility index (Phi) is 4.80. The molecule has 0 aliphatic carbocycles. The van der Waals surface area contributed by atoms with Gasteiger partial charge in [-0.2, -0.15) is 0 Å². The van der Waals surface area contributed by atoms with Crippen LogP contribution in [0.5, 0.6) is 0 Å². The SMILES string of the molecule is CCN(CCCO)C(=O)CC1CNc2ccccc21. The number of amides is 1. The number of fused-ring (bicyclic) bond motifs is 1. The Bertz CT molecular complexity index is 434. The minimum absolute atomic E-state index is 0.137. The molecule has 0 saturated carbocycles. The zero-order valence-electron chi connectivity index (χ0n) is 11.4. The molecule has 0 radical (unpaired) electrons. The highest BCUT2D eigenvalue weighted by molar-refractivity contribution is 5.78. The van der Waals surface area contributed by atoms with Gasteiger partial charge in [-0.3, -0.25) is 4.79 Å². The summed E-state index contributed by atoms with van der Waals surface area (Å²) in [6, 6.07) is 8.18. The standard InChI is InChI=1S/C15H22N2O2/c1-2-17(8-5-9-18)15(19)10-12-11-16-14-7-4-3-6-13(12)14/h3-4,6-7,12,16,18H,2,5,8-11H2,1H3. The van der Waals surface area contributed by atoms with Crippen molar-refractivity contribution in [1.29, 1.82) is 0 Å². The van der Waals surface area contributed by atoms with Crippen molar-refractivity contribution in [1.82, 2.24) is 4.90 Å². The third-order valence-electron chi connectivity index (χ3n) is 3.68. The van der Waals surface area contributed by atoms with Crippen LogP contribution in [-0.4, -0.2) is 42.2 Å².